The van der Waals surface area contributed by atoms with Crippen molar-refractivity contribution in [2.45, 2.75) is 20.0 Å². The molecule has 0 bridgehead atoms. The van der Waals surface area contributed by atoms with Crippen LogP contribution in [0.15, 0.2) is 24.5 Å². The summed E-state index contributed by atoms with van der Waals surface area (Å²) in [6.45, 7) is 3.97. The third-order valence-corrected chi connectivity index (χ3v) is 1.88. The average Bonchev–Trinajstić information content (AvgIpc) is 2.04. The van der Waals surface area contributed by atoms with Gasteiger partial charge in [0.2, 0.25) is 0 Å². The van der Waals surface area contributed by atoms with E-state index in [1.54, 1.807) is 6.07 Å². The zero-order valence-electron chi connectivity index (χ0n) is 7.81. The lowest BCUT2D eigenvalue weighted by atomic mass is 10.0. The third-order valence-electron chi connectivity index (χ3n) is 1.88. The molecule has 1 aromatic rings. The van der Waals surface area contributed by atoms with Crippen LogP contribution in [0.3, 0.4) is 0 Å². The maximum absolute atomic E-state index is 11.0. The fraction of sp³-hybridized carbons (Fsp3) is 0.400. The summed E-state index contributed by atoms with van der Waals surface area (Å²) in [7, 11) is 5.14. The molecule has 0 aliphatic rings. The molecular formula is C10H13NO2. The predicted octanol–water partition coefficient (Wildman–Crippen LogP) is 1.70. The molecule has 0 amide bonds. The topological polar surface area (TPSA) is 36.2 Å². The van der Waals surface area contributed by atoms with Crippen LogP contribution in [0.2, 0.25) is 0 Å². The Bertz CT molecular complexity index is 273. The summed E-state index contributed by atoms with van der Waals surface area (Å²) in [4.78, 5) is 0. The lowest BCUT2D eigenvalue weighted by molar-refractivity contribution is -0.606. The molecule has 1 atom stereocenters. The Balaban J connectivity index is 2.91. The Hall–Kier alpha value is -1.09. The Morgan fingerprint density at radius 1 is 1.54 bits per heavy atom. The van der Waals surface area contributed by atoms with E-state index in [1.807, 2.05) is 19.9 Å². The van der Waals surface area contributed by atoms with Crippen LogP contribution in [-0.4, -0.2) is 0 Å². The molecule has 0 saturated heterocycles. The third kappa shape index (κ3) is 2.42. The molecule has 0 aliphatic carbocycles. The van der Waals surface area contributed by atoms with E-state index < -0.39 is 0 Å². The SMILES string of the molecule is [CH]OC(c1ccc[n+]([O-])c1)C(C)C. The summed E-state index contributed by atoms with van der Waals surface area (Å²) >= 11 is 0. The highest BCUT2D eigenvalue weighted by Crippen LogP contribution is 2.23. The Morgan fingerprint density at radius 3 is 2.69 bits per heavy atom. The van der Waals surface area contributed by atoms with E-state index >= 15 is 0 Å². The van der Waals surface area contributed by atoms with Gasteiger partial charge in [0.25, 0.3) is 0 Å². The van der Waals surface area contributed by atoms with Gasteiger partial charge in [-0.15, -0.1) is 0 Å². The first-order valence-corrected chi connectivity index (χ1v) is 4.19. The lowest BCUT2D eigenvalue weighted by Crippen LogP contribution is -2.26. The normalized spacial score (nSPS) is 13.2. The fourth-order valence-electron chi connectivity index (χ4n) is 1.26. The Labute approximate surface area is 78.5 Å². The molecule has 2 radical (unpaired) electrons. The molecule has 1 aromatic heterocycles. The first kappa shape index (κ1) is 9.99. The van der Waals surface area contributed by atoms with Crippen molar-refractivity contribution in [2.24, 2.45) is 5.92 Å². The van der Waals surface area contributed by atoms with Gasteiger partial charge in [0.1, 0.15) is 7.11 Å². The maximum Gasteiger partial charge on any atom is 0.186 e. The van der Waals surface area contributed by atoms with Crippen molar-refractivity contribution in [1.82, 2.24) is 0 Å². The van der Waals surface area contributed by atoms with Crippen LogP contribution in [0, 0.1) is 18.2 Å². The molecule has 3 nitrogen and oxygen atoms in total. The fourth-order valence-corrected chi connectivity index (χ4v) is 1.26. The molecule has 0 N–H and O–H groups in total. The summed E-state index contributed by atoms with van der Waals surface area (Å²) in [5.74, 6) is 0.243. The summed E-state index contributed by atoms with van der Waals surface area (Å²) < 4.78 is 5.54. The van der Waals surface area contributed by atoms with E-state index in [0.717, 1.165) is 10.3 Å². The zero-order chi connectivity index (χ0) is 9.84. The second-order valence-corrected chi connectivity index (χ2v) is 3.30. The van der Waals surface area contributed by atoms with Crippen LogP contribution >= 0.6 is 0 Å². The second-order valence-electron chi connectivity index (χ2n) is 3.30. The van der Waals surface area contributed by atoms with Crippen LogP contribution in [0.5, 0.6) is 0 Å². The highest BCUT2D eigenvalue weighted by atomic mass is 16.5. The van der Waals surface area contributed by atoms with Gasteiger partial charge in [-0.3, -0.25) is 0 Å². The minimum absolute atomic E-state index is 0.221. The molecular weight excluding hydrogens is 166 g/mol. The van der Waals surface area contributed by atoms with Gasteiger partial charge in [-0.2, -0.15) is 4.73 Å². The van der Waals surface area contributed by atoms with Gasteiger partial charge in [-0.05, 0) is 12.0 Å². The van der Waals surface area contributed by atoms with Gasteiger partial charge in [-0.25, -0.2) is 0 Å². The van der Waals surface area contributed by atoms with Crippen LogP contribution in [0.1, 0.15) is 25.5 Å². The zero-order valence-corrected chi connectivity index (χ0v) is 7.81. The van der Waals surface area contributed by atoms with Gasteiger partial charge >= 0.3 is 0 Å². The summed E-state index contributed by atoms with van der Waals surface area (Å²) in [6.07, 6.45) is 2.68. The molecule has 0 fully saturated rings. The van der Waals surface area contributed by atoms with Crippen molar-refractivity contribution in [3.63, 3.8) is 0 Å². The van der Waals surface area contributed by atoms with E-state index in [4.69, 9.17) is 11.8 Å². The monoisotopic (exact) mass is 179 g/mol. The number of ether oxygens (including phenoxy) is 1. The Morgan fingerprint density at radius 2 is 2.23 bits per heavy atom. The molecule has 0 saturated carbocycles. The molecule has 0 spiro atoms. The first-order valence-electron chi connectivity index (χ1n) is 4.19. The minimum atomic E-state index is -0.221. The van der Waals surface area contributed by atoms with Crippen molar-refractivity contribution < 1.29 is 9.47 Å². The van der Waals surface area contributed by atoms with Crippen LogP contribution in [-0.2, 0) is 4.74 Å². The average molecular weight is 179 g/mol. The van der Waals surface area contributed by atoms with Crippen molar-refractivity contribution >= 4 is 0 Å². The van der Waals surface area contributed by atoms with Crippen molar-refractivity contribution in [1.29, 1.82) is 0 Å². The molecule has 1 unspecified atom stereocenters. The number of hydrogen-bond acceptors (Lipinski definition) is 2. The largest absolute Gasteiger partial charge is 0.619 e. The summed E-state index contributed by atoms with van der Waals surface area (Å²) in [5.41, 5.74) is 0.801. The van der Waals surface area contributed by atoms with E-state index in [1.165, 1.54) is 12.4 Å². The highest BCUT2D eigenvalue weighted by Gasteiger charge is 2.16. The first-order chi connectivity index (χ1) is 6.15. The highest BCUT2D eigenvalue weighted by molar-refractivity contribution is 5.10. The molecule has 70 valence electrons. The van der Waals surface area contributed by atoms with Gasteiger partial charge in [0, 0.05) is 11.6 Å². The van der Waals surface area contributed by atoms with Gasteiger partial charge in [0.05, 0.1) is 6.10 Å². The van der Waals surface area contributed by atoms with Crippen molar-refractivity contribution in [3.8, 4) is 0 Å². The minimum Gasteiger partial charge on any atom is -0.619 e. The molecule has 1 heterocycles. The summed E-state index contributed by atoms with van der Waals surface area (Å²) in [5, 5.41) is 11.0. The molecule has 3 heteroatoms. The smallest absolute Gasteiger partial charge is 0.186 e. The molecule has 0 aliphatic heterocycles. The van der Waals surface area contributed by atoms with E-state index in [9.17, 15) is 5.21 Å². The van der Waals surface area contributed by atoms with E-state index in [2.05, 4.69) is 0 Å². The van der Waals surface area contributed by atoms with Gasteiger partial charge in [0.15, 0.2) is 12.4 Å². The van der Waals surface area contributed by atoms with Crippen molar-refractivity contribution in [3.05, 3.63) is 42.4 Å². The standard InChI is InChI=1S/C10H13NO2/c1-8(2)10(13-3)9-5-4-6-11(12)7-9/h3-8,10H,1-2H3. The molecule has 13 heavy (non-hydrogen) atoms. The maximum atomic E-state index is 11.0. The number of pyridine rings is 1. The number of aromatic nitrogens is 1. The van der Waals surface area contributed by atoms with Gasteiger partial charge in [-0.1, -0.05) is 13.8 Å². The number of nitrogens with zero attached hydrogens (tertiary/aromatic N) is 1. The van der Waals surface area contributed by atoms with E-state index in [0.29, 0.717) is 0 Å². The predicted molar refractivity (Wildman–Crippen MR) is 48.4 cm³/mol. The van der Waals surface area contributed by atoms with Crippen LogP contribution in [0.25, 0.3) is 0 Å². The second kappa shape index (κ2) is 4.23. The molecule has 0 aromatic carbocycles. The quantitative estimate of drug-likeness (QED) is 0.523. The van der Waals surface area contributed by atoms with Crippen molar-refractivity contribution in [2.75, 3.05) is 0 Å². The van der Waals surface area contributed by atoms with Crippen LogP contribution in [0.4, 0.5) is 0 Å². The number of rotatable bonds is 3. The van der Waals surface area contributed by atoms with Gasteiger partial charge < -0.3 is 9.94 Å². The molecule has 1 rings (SSSR count). The lowest BCUT2D eigenvalue weighted by Gasteiger charge is -2.17. The summed E-state index contributed by atoms with van der Waals surface area (Å²) in [6, 6.07) is 3.50. The van der Waals surface area contributed by atoms with Crippen LogP contribution < -0.4 is 4.73 Å². The Kier molecular flexibility index (Phi) is 3.25. The number of hydrogen-bond donors (Lipinski definition) is 0. The van der Waals surface area contributed by atoms with E-state index in [-0.39, 0.29) is 12.0 Å².